The van der Waals surface area contributed by atoms with Crippen molar-refractivity contribution in [3.8, 4) is 0 Å². The molecular weight excluding hydrogens is 242 g/mol. The van der Waals surface area contributed by atoms with Crippen LogP contribution in [0.4, 0.5) is 0 Å². The van der Waals surface area contributed by atoms with E-state index < -0.39 is 0 Å². The van der Waals surface area contributed by atoms with Crippen LogP contribution in [-0.4, -0.2) is 11.8 Å². The number of thioether (sulfide) groups is 1. The van der Waals surface area contributed by atoms with Gasteiger partial charge in [-0.1, -0.05) is 24.6 Å². The van der Waals surface area contributed by atoms with Crippen LogP contribution in [0.1, 0.15) is 18.2 Å². The second-order valence-corrected chi connectivity index (χ2v) is 5.96. The van der Waals surface area contributed by atoms with Crippen molar-refractivity contribution in [1.82, 2.24) is 5.32 Å². The highest BCUT2D eigenvalue weighted by molar-refractivity contribution is 8.00. The maximum Gasteiger partial charge on any atom is 0.117 e. The number of hydrogen-bond acceptors (Lipinski definition) is 3. The van der Waals surface area contributed by atoms with Crippen LogP contribution in [-0.2, 0) is 6.54 Å². The fourth-order valence-corrected chi connectivity index (χ4v) is 2.66. The Morgan fingerprint density at radius 1 is 1.22 bits per heavy atom. The first kappa shape index (κ1) is 13.2. The first-order valence-corrected chi connectivity index (χ1v) is 7.08. The van der Waals surface area contributed by atoms with Gasteiger partial charge in [-0.25, -0.2) is 0 Å². The van der Waals surface area contributed by atoms with Gasteiger partial charge in [0, 0.05) is 16.7 Å². The van der Waals surface area contributed by atoms with E-state index >= 15 is 0 Å². The Hall–Kier alpha value is -1.19. The SMILES string of the molecule is Cc1ccc(SC(C)CNCc2ccco2)cc1. The lowest BCUT2D eigenvalue weighted by Gasteiger charge is -2.11. The zero-order chi connectivity index (χ0) is 12.8. The molecule has 3 heteroatoms. The van der Waals surface area contributed by atoms with Gasteiger partial charge < -0.3 is 9.73 Å². The van der Waals surface area contributed by atoms with Gasteiger partial charge in [0.15, 0.2) is 0 Å². The summed E-state index contributed by atoms with van der Waals surface area (Å²) in [5.41, 5.74) is 1.31. The molecule has 2 rings (SSSR count). The van der Waals surface area contributed by atoms with Crippen molar-refractivity contribution in [2.24, 2.45) is 0 Å². The minimum Gasteiger partial charge on any atom is -0.468 e. The van der Waals surface area contributed by atoms with Crippen LogP contribution in [0.15, 0.2) is 52.0 Å². The number of nitrogens with one attached hydrogen (secondary N) is 1. The molecule has 1 heterocycles. The molecule has 2 aromatic rings. The number of benzene rings is 1. The Bertz CT molecular complexity index is 450. The average molecular weight is 261 g/mol. The molecule has 0 radical (unpaired) electrons. The van der Waals surface area contributed by atoms with Gasteiger partial charge in [-0.05, 0) is 31.2 Å². The molecule has 96 valence electrons. The van der Waals surface area contributed by atoms with Crippen LogP contribution in [0.5, 0.6) is 0 Å². The van der Waals surface area contributed by atoms with E-state index in [0.29, 0.717) is 5.25 Å². The fourth-order valence-electron chi connectivity index (χ4n) is 1.70. The van der Waals surface area contributed by atoms with Gasteiger partial charge in [0.25, 0.3) is 0 Å². The van der Waals surface area contributed by atoms with Gasteiger partial charge in [0.2, 0.25) is 0 Å². The first-order chi connectivity index (χ1) is 8.74. The molecule has 0 spiro atoms. The second-order valence-electron chi connectivity index (χ2n) is 4.45. The predicted molar refractivity (Wildman–Crippen MR) is 76.9 cm³/mol. The summed E-state index contributed by atoms with van der Waals surface area (Å²) in [6, 6.07) is 12.6. The summed E-state index contributed by atoms with van der Waals surface area (Å²) >= 11 is 1.90. The molecule has 0 fully saturated rings. The molecule has 0 saturated carbocycles. The van der Waals surface area contributed by atoms with E-state index in [0.717, 1.165) is 18.8 Å². The molecule has 0 aliphatic rings. The molecule has 1 atom stereocenters. The van der Waals surface area contributed by atoms with Crippen LogP contribution in [0.3, 0.4) is 0 Å². The number of rotatable bonds is 6. The van der Waals surface area contributed by atoms with Gasteiger partial charge in [-0.2, -0.15) is 0 Å². The summed E-state index contributed by atoms with van der Waals surface area (Å²) in [6.45, 7) is 6.12. The Balaban J connectivity index is 1.71. The molecule has 1 aromatic heterocycles. The van der Waals surface area contributed by atoms with Gasteiger partial charge >= 0.3 is 0 Å². The number of furan rings is 1. The summed E-state index contributed by atoms with van der Waals surface area (Å²) in [5, 5.41) is 3.95. The molecule has 0 amide bonds. The molecule has 1 unspecified atom stereocenters. The summed E-state index contributed by atoms with van der Waals surface area (Å²) in [6.07, 6.45) is 1.71. The van der Waals surface area contributed by atoms with Crippen LogP contribution in [0.2, 0.25) is 0 Å². The standard InChI is InChI=1S/C15H19NOS/c1-12-5-7-15(8-6-12)18-13(2)10-16-11-14-4-3-9-17-14/h3-9,13,16H,10-11H2,1-2H3. The lowest BCUT2D eigenvalue weighted by molar-refractivity contribution is 0.484. The van der Waals surface area contributed by atoms with Crippen molar-refractivity contribution in [1.29, 1.82) is 0 Å². The maximum absolute atomic E-state index is 5.28. The quantitative estimate of drug-likeness (QED) is 0.799. The maximum atomic E-state index is 5.28. The average Bonchev–Trinajstić information content (AvgIpc) is 2.85. The Morgan fingerprint density at radius 3 is 2.67 bits per heavy atom. The highest BCUT2D eigenvalue weighted by atomic mass is 32.2. The summed E-state index contributed by atoms with van der Waals surface area (Å²) in [4.78, 5) is 1.33. The summed E-state index contributed by atoms with van der Waals surface area (Å²) < 4.78 is 5.28. The van der Waals surface area contributed by atoms with Crippen LogP contribution < -0.4 is 5.32 Å². The van der Waals surface area contributed by atoms with E-state index in [1.165, 1.54) is 10.5 Å². The molecule has 0 bridgehead atoms. The number of aryl methyl sites for hydroxylation is 1. The van der Waals surface area contributed by atoms with E-state index in [4.69, 9.17) is 4.42 Å². The number of hydrogen-bond donors (Lipinski definition) is 1. The van der Waals surface area contributed by atoms with Crippen molar-refractivity contribution in [3.63, 3.8) is 0 Å². The van der Waals surface area contributed by atoms with E-state index in [1.54, 1.807) is 6.26 Å². The summed E-state index contributed by atoms with van der Waals surface area (Å²) in [5.74, 6) is 0.988. The van der Waals surface area contributed by atoms with Gasteiger partial charge in [-0.15, -0.1) is 11.8 Å². The van der Waals surface area contributed by atoms with E-state index in [2.05, 4.69) is 43.4 Å². The van der Waals surface area contributed by atoms with E-state index in [1.807, 2.05) is 23.9 Å². The second kappa shape index (κ2) is 6.66. The zero-order valence-electron chi connectivity index (χ0n) is 10.8. The largest absolute Gasteiger partial charge is 0.468 e. The third-order valence-electron chi connectivity index (χ3n) is 2.67. The highest BCUT2D eigenvalue weighted by Crippen LogP contribution is 2.22. The normalized spacial score (nSPS) is 12.6. The molecule has 0 aliphatic carbocycles. The zero-order valence-corrected chi connectivity index (χ0v) is 11.7. The molecular formula is C15H19NOS. The smallest absolute Gasteiger partial charge is 0.117 e. The minimum absolute atomic E-state index is 0.544. The molecule has 1 N–H and O–H groups in total. The van der Waals surface area contributed by atoms with Crippen LogP contribution >= 0.6 is 11.8 Å². The van der Waals surface area contributed by atoms with Gasteiger partial charge in [0.1, 0.15) is 5.76 Å². The monoisotopic (exact) mass is 261 g/mol. The van der Waals surface area contributed by atoms with Crippen molar-refractivity contribution >= 4 is 11.8 Å². The van der Waals surface area contributed by atoms with Crippen molar-refractivity contribution in [3.05, 3.63) is 54.0 Å². The lowest BCUT2D eigenvalue weighted by atomic mass is 10.2. The Labute approximate surface area is 113 Å². The van der Waals surface area contributed by atoms with Crippen LogP contribution in [0, 0.1) is 6.92 Å². The third-order valence-corrected chi connectivity index (χ3v) is 3.78. The van der Waals surface area contributed by atoms with Crippen molar-refractivity contribution in [2.75, 3.05) is 6.54 Å². The van der Waals surface area contributed by atoms with Crippen molar-refractivity contribution in [2.45, 2.75) is 30.5 Å². The van der Waals surface area contributed by atoms with Gasteiger partial charge in [-0.3, -0.25) is 0 Å². The van der Waals surface area contributed by atoms with Gasteiger partial charge in [0.05, 0.1) is 12.8 Å². The molecule has 2 nitrogen and oxygen atoms in total. The predicted octanol–water partition coefficient (Wildman–Crippen LogP) is 3.86. The molecule has 0 aliphatic heterocycles. The minimum atomic E-state index is 0.544. The first-order valence-electron chi connectivity index (χ1n) is 6.20. The lowest BCUT2D eigenvalue weighted by Crippen LogP contribution is -2.21. The Kier molecular flexibility index (Phi) is 4.90. The van der Waals surface area contributed by atoms with Crippen LogP contribution in [0.25, 0.3) is 0 Å². The van der Waals surface area contributed by atoms with E-state index in [9.17, 15) is 0 Å². The molecule has 18 heavy (non-hydrogen) atoms. The molecule has 1 aromatic carbocycles. The van der Waals surface area contributed by atoms with Crippen molar-refractivity contribution < 1.29 is 4.42 Å². The molecule has 0 saturated heterocycles. The fraction of sp³-hybridized carbons (Fsp3) is 0.333. The Morgan fingerprint density at radius 2 is 2.00 bits per heavy atom. The van der Waals surface area contributed by atoms with E-state index in [-0.39, 0.29) is 0 Å². The topological polar surface area (TPSA) is 25.2 Å². The third kappa shape index (κ3) is 4.24. The summed E-state index contributed by atoms with van der Waals surface area (Å²) in [7, 11) is 0. The highest BCUT2D eigenvalue weighted by Gasteiger charge is 2.04.